The first kappa shape index (κ1) is 10.1. The smallest absolute Gasteiger partial charge is 0.0534 e. The van der Waals surface area contributed by atoms with Crippen LogP contribution in [-0.2, 0) is 0 Å². The van der Waals surface area contributed by atoms with Crippen molar-refractivity contribution in [2.24, 2.45) is 5.92 Å². The molecule has 0 spiro atoms. The lowest BCUT2D eigenvalue weighted by Gasteiger charge is -2.15. The van der Waals surface area contributed by atoms with Gasteiger partial charge in [-0.25, -0.2) is 0 Å². The summed E-state index contributed by atoms with van der Waals surface area (Å²) in [4.78, 5) is 0. The lowest BCUT2D eigenvalue weighted by atomic mass is 10.1. The molecule has 1 aromatic heterocycles. The second-order valence-corrected chi connectivity index (χ2v) is 5.04. The molecule has 0 amide bonds. The zero-order chi connectivity index (χ0) is 9.80. The predicted molar refractivity (Wildman–Crippen MR) is 60.4 cm³/mol. The Balaban J connectivity index is 1.74. The van der Waals surface area contributed by atoms with Crippen LogP contribution in [-0.4, -0.2) is 28.2 Å². The van der Waals surface area contributed by atoms with E-state index in [-0.39, 0.29) is 0 Å². The van der Waals surface area contributed by atoms with Gasteiger partial charge in [-0.15, -0.1) is 0 Å². The standard InChI is InChI=1S/C10H17N3S/c1-8(10-5-12-13-6-10)11-4-9-2-3-14-7-9/h5-6,8-9,11H,2-4,7H2,1H3,(H,12,13). The average Bonchev–Trinajstić information content (AvgIpc) is 2.87. The van der Waals surface area contributed by atoms with Crippen LogP contribution in [0.2, 0.25) is 0 Å². The van der Waals surface area contributed by atoms with E-state index in [1.807, 2.05) is 12.4 Å². The maximum absolute atomic E-state index is 3.95. The monoisotopic (exact) mass is 211 g/mol. The number of aromatic nitrogens is 2. The third kappa shape index (κ3) is 2.51. The highest BCUT2D eigenvalue weighted by molar-refractivity contribution is 7.99. The van der Waals surface area contributed by atoms with Gasteiger partial charge in [0, 0.05) is 17.8 Å². The number of H-pyrrole nitrogens is 1. The molecule has 2 heterocycles. The number of aromatic amines is 1. The predicted octanol–water partition coefficient (Wildman–Crippen LogP) is 1.81. The molecular weight excluding hydrogens is 194 g/mol. The van der Waals surface area contributed by atoms with Crippen molar-refractivity contribution in [3.63, 3.8) is 0 Å². The average molecular weight is 211 g/mol. The highest BCUT2D eigenvalue weighted by Gasteiger charge is 2.16. The van der Waals surface area contributed by atoms with Crippen molar-refractivity contribution in [1.82, 2.24) is 15.5 Å². The van der Waals surface area contributed by atoms with Crippen LogP contribution in [0, 0.1) is 5.92 Å². The van der Waals surface area contributed by atoms with Crippen LogP contribution in [0.4, 0.5) is 0 Å². The molecule has 1 fully saturated rings. The summed E-state index contributed by atoms with van der Waals surface area (Å²) in [6, 6.07) is 0.416. The second kappa shape index (κ2) is 4.84. The summed E-state index contributed by atoms with van der Waals surface area (Å²) < 4.78 is 0. The maximum atomic E-state index is 3.95. The van der Waals surface area contributed by atoms with Crippen molar-refractivity contribution in [3.05, 3.63) is 18.0 Å². The molecule has 1 saturated heterocycles. The number of hydrogen-bond donors (Lipinski definition) is 2. The van der Waals surface area contributed by atoms with E-state index in [1.54, 1.807) is 0 Å². The summed E-state index contributed by atoms with van der Waals surface area (Å²) in [6.45, 7) is 3.33. The molecule has 1 aromatic rings. The first-order valence-corrected chi connectivity index (χ1v) is 6.31. The molecule has 2 atom stereocenters. The number of thioether (sulfide) groups is 1. The first-order valence-electron chi connectivity index (χ1n) is 5.16. The van der Waals surface area contributed by atoms with E-state index in [0.717, 1.165) is 12.5 Å². The highest BCUT2D eigenvalue weighted by Crippen LogP contribution is 2.23. The Hall–Kier alpha value is -0.480. The molecule has 0 saturated carbocycles. The van der Waals surface area contributed by atoms with Crippen LogP contribution in [0.5, 0.6) is 0 Å². The zero-order valence-corrected chi connectivity index (χ0v) is 9.31. The Labute approximate surface area is 89.1 Å². The Kier molecular flexibility index (Phi) is 3.48. The fourth-order valence-electron chi connectivity index (χ4n) is 1.70. The molecular formula is C10H17N3S. The lowest BCUT2D eigenvalue weighted by molar-refractivity contribution is 0.477. The number of nitrogens with zero attached hydrogens (tertiary/aromatic N) is 1. The molecule has 0 radical (unpaired) electrons. The summed E-state index contributed by atoms with van der Waals surface area (Å²) in [7, 11) is 0. The van der Waals surface area contributed by atoms with Crippen LogP contribution in [0.15, 0.2) is 12.4 Å². The summed E-state index contributed by atoms with van der Waals surface area (Å²) in [5.41, 5.74) is 1.25. The van der Waals surface area contributed by atoms with Crippen molar-refractivity contribution >= 4 is 11.8 Å². The van der Waals surface area contributed by atoms with Gasteiger partial charge < -0.3 is 5.32 Å². The molecule has 2 rings (SSSR count). The number of hydrogen-bond acceptors (Lipinski definition) is 3. The van der Waals surface area contributed by atoms with E-state index in [1.165, 1.54) is 23.5 Å². The number of nitrogens with one attached hydrogen (secondary N) is 2. The molecule has 3 nitrogen and oxygen atoms in total. The lowest BCUT2D eigenvalue weighted by Crippen LogP contribution is -2.25. The van der Waals surface area contributed by atoms with Gasteiger partial charge in [0.1, 0.15) is 0 Å². The molecule has 14 heavy (non-hydrogen) atoms. The van der Waals surface area contributed by atoms with Gasteiger partial charge in [0.15, 0.2) is 0 Å². The first-order chi connectivity index (χ1) is 6.86. The van der Waals surface area contributed by atoms with Crippen LogP contribution in [0.25, 0.3) is 0 Å². The van der Waals surface area contributed by atoms with Crippen LogP contribution < -0.4 is 5.32 Å². The molecule has 0 aliphatic carbocycles. The van der Waals surface area contributed by atoms with Crippen LogP contribution in [0.3, 0.4) is 0 Å². The van der Waals surface area contributed by atoms with Gasteiger partial charge in [0.2, 0.25) is 0 Å². The minimum Gasteiger partial charge on any atom is -0.310 e. The minimum absolute atomic E-state index is 0.416. The normalized spacial score (nSPS) is 23.9. The van der Waals surface area contributed by atoms with Crippen molar-refractivity contribution in [3.8, 4) is 0 Å². The van der Waals surface area contributed by atoms with Gasteiger partial charge in [-0.2, -0.15) is 16.9 Å². The van der Waals surface area contributed by atoms with Gasteiger partial charge in [-0.3, -0.25) is 5.10 Å². The third-order valence-electron chi connectivity index (χ3n) is 2.76. The van der Waals surface area contributed by atoms with Crippen molar-refractivity contribution in [1.29, 1.82) is 0 Å². The van der Waals surface area contributed by atoms with Crippen molar-refractivity contribution in [2.45, 2.75) is 19.4 Å². The fourth-order valence-corrected chi connectivity index (χ4v) is 2.99. The third-order valence-corrected chi connectivity index (χ3v) is 3.99. The van der Waals surface area contributed by atoms with Crippen LogP contribution in [0.1, 0.15) is 24.9 Å². The summed E-state index contributed by atoms with van der Waals surface area (Å²) in [6.07, 6.45) is 5.22. The maximum Gasteiger partial charge on any atom is 0.0534 e. The van der Waals surface area contributed by atoms with E-state index < -0.39 is 0 Å². The SMILES string of the molecule is CC(NCC1CCSC1)c1cn[nH]c1. The number of rotatable bonds is 4. The molecule has 2 N–H and O–H groups in total. The summed E-state index contributed by atoms with van der Waals surface area (Å²) in [5.74, 6) is 3.53. The Morgan fingerprint density at radius 1 is 1.79 bits per heavy atom. The Morgan fingerprint density at radius 2 is 2.71 bits per heavy atom. The Bertz CT molecular complexity index is 254. The van der Waals surface area contributed by atoms with Crippen LogP contribution >= 0.6 is 11.8 Å². The van der Waals surface area contributed by atoms with Gasteiger partial charge in [0.25, 0.3) is 0 Å². The van der Waals surface area contributed by atoms with E-state index in [4.69, 9.17) is 0 Å². The molecule has 2 unspecified atom stereocenters. The van der Waals surface area contributed by atoms with E-state index in [0.29, 0.717) is 6.04 Å². The van der Waals surface area contributed by atoms with Gasteiger partial charge >= 0.3 is 0 Å². The van der Waals surface area contributed by atoms with E-state index in [2.05, 4.69) is 34.2 Å². The summed E-state index contributed by atoms with van der Waals surface area (Å²) >= 11 is 2.07. The van der Waals surface area contributed by atoms with Gasteiger partial charge in [-0.1, -0.05) is 0 Å². The van der Waals surface area contributed by atoms with E-state index >= 15 is 0 Å². The molecule has 0 bridgehead atoms. The molecule has 78 valence electrons. The van der Waals surface area contributed by atoms with E-state index in [9.17, 15) is 0 Å². The zero-order valence-electron chi connectivity index (χ0n) is 8.49. The topological polar surface area (TPSA) is 40.7 Å². The summed E-state index contributed by atoms with van der Waals surface area (Å²) in [5, 5.41) is 10.4. The Morgan fingerprint density at radius 3 is 3.36 bits per heavy atom. The largest absolute Gasteiger partial charge is 0.310 e. The van der Waals surface area contributed by atoms with Gasteiger partial charge in [0.05, 0.1) is 6.20 Å². The van der Waals surface area contributed by atoms with Crippen molar-refractivity contribution < 1.29 is 0 Å². The van der Waals surface area contributed by atoms with Crippen molar-refractivity contribution in [2.75, 3.05) is 18.1 Å². The quantitative estimate of drug-likeness (QED) is 0.798. The van der Waals surface area contributed by atoms with Gasteiger partial charge in [-0.05, 0) is 37.3 Å². The fraction of sp³-hybridized carbons (Fsp3) is 0.700. The second-order valence-electron chi connectivity index (χ2n) is 3.89. The molecule has 0 aromatic carbocycles. The minimum atomic E-state index is 0.416. The molecule has 1 aliphatic rings. The molecule has 4 heteroatoms. The highest BCUT2D eigenvalue weighted by atomic mass is 32.2. The molecule has 1 aliphatic heterocycles.